The van der Waals surface area contributed by atoms with Gasteiger partial charge in [-0.3, -0.25) is 0 Å². The molecule has 1 saturated heterocycles. The molecule has 0 aromatic heterocycles. The van der Waals surface area contributed by atoms with Crippen molar-refractivity contribution in [1.82, 2.24) is 4.31 Å². The van der Waals surface area contributed by atoms with Gasteiger partial charge in [0.05, 0.1) is 17.5 Å². The van der Waals surface area contributed by atoms with E-state index in [1.54, 1.807) is 12.1 Å². The van der Waals surface area contributed by atoms with E-state index < -0.39 is 24.6 Å². The SMILES string of the molecule is CC[C@@H]1CO[C@H](/C=C(\O[Si](C)(C)C)c2ccccc2)N1S(=O)(=O)c1ccc(C)cc1. The second kappa shape index (κ2) is 9.06. The summed E-state index contributed by atoms with van der Waals surface area (Å²) >= 11 is 0. The first-order chi connectivity index (χ1) is 14.1. The van der Waals surface area contributed by atoms with Crippen LogP contribution in [0.4, 0.5) is 0 Å². The topological polar surface area (TPSA) is 55.8 Å². The van der Waals surface area contributed by atoms with Gasteiger partial charge in [-0.2, -0.15) is 4.31 Å². The molecule has 0 radical (unpaired) electrons. The monoisotopic (exact) mass is 445 g/mol. The van der Waals surface area contributed by atoms with Crippen LogP contribution in [0.3, 0.4) is 0 Å². The van der Waals surface area contributed by atoms with Crippen LogP contribution in [0.25, 0.3) is 5.76 Å². The van der Waals surface area contributed by atoms with E-state index in [9.17, 15) is 8.42 Å². The van der Waals surface area contributed by atoms with Crippen LogP contribution >= 0.6 is 0 Å². The Morgan fingerprint density at radius 2 is 1.77 bits per heavy atom. The molecule has 0 spiro atoms. The second-order valence-corrected chi connectivity index (χ2v) is 14.8. The zero-order chi connectivity index (χ0) is 21.9. The van der Waals surface area contributed by atoms with Crippen molar-refractivity contribution in [3.63, 3.8) is 0 Å². The number of rotatable bonds is 7. The number of hydrogen-bond donors (Lipinski definition) is 0. The zero-order valence-electron chi connectivity index (χ0n) is 18.3. The minimum Gasteiger partial charge on any atom is -0.544 e. The van der Waals surface area contributed by atoms with E-state index >= 15 is 0 Å². The molecule has 1 aliphatic rings. The molecule has 0 saturated carbocycles. The molecule has 3 rings (SSSR count). The fourth-order valence-corrected chi connectivity index (χ4v) is 5.97. The Kier molecular flexibility index (Phi) is 6.87. The van der Waals surface area contributed by atoms with Crippen molar-refractivity contribution in [2.45, 2.75) is 57.1 Å². The first-order valence-corrected chi connectivity index (χ1v) is 15.1. The summed E-state index contributed by atoms with van der Waals surface area (Å²) in [7, 11) is -5.65. The highest BCUT2D eigenvalue weighted by Crippen LogP contribution is 2.32. The van der Waals surface area contributed by atoms with Gasteiger partial charge in [-0.25, -0.2) is 8.42 Å². The number of hydrogen-bond acceptors (Lipinski definition) is 4. The van der Waals surface area contributed by atoms with Crippen molar-refractivity contribution in [3.8, 4) is 0 Å². The smallest absolute Gasteiger partial charge is 0.245 e. The lowest BCUT2D eigenvalue weighted by Gasteiger charge is -2.27. The second-order valence-electron chi connectivity index (χ2n) is 8.55. The minimum absolute atomic E-state index is 0.221. The van der Waals surface area contributed by atoms with Gasteiger partial charge < -0.3 is 9.16 Å². The molecule has 0 unspecified atom stereocenters. The molecule has 162 valence electrons. The maximum atomic E-state index is 13.5. The van der Waals surface area contributed by atoms with E-state index in [2.05, 4.69) is 19.6 Å². The molecule has 2 aromatic rings. The number of ether oxygens (including phenoxy) is 1. The van der Waals surface area contributed by atoms with Gasteiger partial charge in [-0.05, 0) is 45.1 Å². The van der Waals surface area contributed by atoms with Gasteiger partial charge in [-0.15, -0.1) is 0 Å². The molecule has 30 heavy (non-hydrogen) atoms. The van der Waals surface area contributed by atoms with Gasteiger partial charge in [-0.1, -0.05) is 55.0 Å². The van der Waals surface area contributed by atoms with E-state index in [0.29, 0.717) is 18.8 Å². The molecule has 0 amide bonds. The number of benzene rings is 2. The summed E-state index contributed by atoms with van der Waals surface area (Å²) in [6, 6.07) is 16.5. The van der Waals surface area contributed by atoms with Gasteiger partial charge in [0.1, 0.15) is 12.0 Å². The largest absolute Gasteiger partial charge is 0.544 e. The summed E-state index contributed by atoms with van der Waals surface area (Å²) in [5.74, 6) is 0.667. The van der Waals surface area contributed by atoms with Crippen LogP contribution in [0.1, 0.15) is 24.5 Å². The Balaban J connectivity index is 2.04. The molecule has 5 nitrogen and oxygen atoms in total. The van der Waals surface area contributed by atoms with Crippen molar-refractivity contribution in [3.05, 3.63) is 71.8 Å². The quantitative estimate of drug-likeness (QED) is 0.444. The Hall–Kier alpha value is -1.93. The molecule has 2 atom stereocenters. The van der Waals surface area contributed by atoms with Crippen LogP contribution in [-0.4, -0.2) is 39.9 Å². The first-order valence-electron chi connectivity index (χ1n) is 10.3. The average Bonchev–Trinajstić information content (AvgIpc) is 3.11. The molecule has 0 aliphatic carbocycles. The van der Waals surface area contributed by atoms with Crippen LogP contribution in [-0.2, 0) is 19.2 Å². The third kappa shape index (κ3) is 5.21. The molecular weight excluding hydrogens is 414 g/mol. The highest BCUT2D eigenvalue weighted by atomic mass is 32.2. The van der Waals surface area contributed by atoms with Gasteiger partial charge in [0, 0.05) is 11.6 Å². The predicted octanol–water partition coefficient (Wildman–Crippen LogP) is 5.01. The third-order valence-electron chi connectivity index (χ3n) is 4.91. The van der Waals surface area contributed by atoms with Crippen LogP contribution in [0.2, 0.25) is 19.6 Å². The molecule has 0 bridgehead atoms. The predicted molar refractivity (Wildman–Crippen MR) is 123 cm³/mol. The molecular formula is C23H31NO4SSi. The standard InChI is InChI=1S/C23H31NO4SSi/c1-6-20-17-27-23(24(20)29(25,26)21-14-12-18(2)13-15-21)16-22(28-30(3,4)5)19-10-8-7-9-11-19/h7-16,20,23H,6,17H2,1-5H3/b22-16-/t20-,23-/m1/s1. The third-order valence-corrected chi connectivity index (χ3v) is 7.67. The molecule has 1 heterocycles. The Labute approximate surface area is 181 Å². The fraction of sp³-hybridized carbons (Fsp3) is 0.391. The zero-order valence-corrected chi connectivity index (χ0v) is 20.1. The normalized spacial score (nSPS) is 21.0. The van der Waals surface area contributed by atoms with Crippen molar-refractivity contribution in [1.29, 1.82) is 0 Å². The van der Waals surface area contributed by atoms with E-state index in [-0.39, 0.29) is 10.9 Å². The van der Waals surface area contributed by atoms with E-state index in [1.165, 1.54) is 4.31 Å². The van der Waals surface area contributed by atoms with Crippen molar-refractivity contribution < 1.29 is 17.6 Å². The van der Waals surface area contributed by atoms with Crippen LogP contribution in [0.5, 0.6) is 0 Å². The Morgan fingerprint density at radius 3 is 2.33 bits per heavy atom. The Bertz CT molecular complexity index is 982. The van der Waals surface area contributed by atoms with E-state index in [4.69, 9.17) is 9.16 Å². The summed E-state index contributed by atoms with van der Waals surface area (Å²) in [5, 5.41) is 0. The van der Waals surface area contributed by atoms with Crippen LogP contribution in [0, 0.1) is 6.92 Å². The molecule has 7 heteroatoms. The number of sulfonamides is 1. The maximum Gasteiger partial charge on any atom is 0.245 e. The van der Waals surface area contributed by atoms with Gasteiger partial charge in [0.15, 0.2) is 0 Å². The summed E-state index contributed by atoms with van der Waals surface area (Å²) in [4.78, 5) is 0.280. The molecule has 1 aliphatic heterocycles. The molecule has 1 fully saturated rings. The first kappa shape index (κ1) is 22.7. The lowest BCUT2D eigenvalue weighted by Crippen LogP contribution is -2.41. The molecule has 2 aromatic carbocycles. The van der Waals surface area contributed by atoms with E-state index in [1.807, 2.05) is 62.4 Å². The van der Waals surface area contributed by atoms with Crippen molar-refractivity contribution in [2.75, 3.05) is 6.61 Å². The number of nitrogens with zero attached hydrogens (tertiary/aromatic N) is 1. The minimum atomic E-state index is -3.72. The van der Waals surface area contributed by atoms with Crippen LogP contribution < -0.4 is 0 Å². The Morgan fingerprint density at radius 1 is 1.13 bits per heavy atom. The summed E-state index contributed by atoms with van der Waals surface area (Å²) in [6.07, 6.45) is 1.77. The lowest BCUT2D eigenvalue weighted by molar-refractivity contribution is 0.107. The highest BCUT2D eigenvalue weighted by molar-refractivity contribution is 7.89. The summed E-state index contributed by atoms with van der Waals surface area (Å²) in [6.45, 7) is 10.6. The van der Waals surface area contributed by atoms with Gasteiger partial charge in [0.2, 0.25) is 18.3 Å². The highest BCUT2D eigenvalue weighted by Gasteiger charge is 2.42. The van der Waals surface area contributed by atoms with Gasteiger partial charge >= 0.3 is 0 Å². The summed E-state index contributed by atoms with van der Waals surface area (Å²) < 4.78 is 40.8. The lowest BCUT2D eigenvalue weighted by atomic mass is 10.2. The number of aryl methyl sites for hydroxylation is 1. The van der Waals surface area contributed by atoms with Crippen molar-refractivity contribution >= 4 is 24.1 Å². The van der Waals surface area contributed by atoms with Crippen LogP contribution in [0.15, 0.2) is 65.6 Å². The molecule has 0 N–H and O–H groups in total. The maximum absolute atomic E-state index is 13.5. The van der Waals surface area contributed by atoms with E-state index in [0.717, 1.165) is 11.1 Å². The average molecular weight is 446 g/mol. The summed E-state index contributed by atoms with van der Waals surface area (Å²) in [5.41, 5.74) is 1.93. The fourth-order valence-electron chi connectivity index (χ4n) is 3.40. The van der Waals surface area contributed by atoms with Gasteiger partial charge in [0.25, 0.3) is 0 Å². The van der Waals surface area contributed by atoms with Crippen molar-refractivity contribution in [2.24, 2.45) is 0 Å².